The van der Waals surface area contributed by atoms with Crippen molar-refractivity contribution in [1.82, 2.24) is 4.57 Å². The Morgan fingerprint density at radius 2 is 1.92 bits per heavy atom. The summed E-state index contributed by atoms with van der Waals surface area (Å²) in [6, 6.07) is 6.57. The molecule has 0 saturated carbocycles. The van der Waals surface area contributed by atoms with Crippen LogP contribution in [-0.2, 0) is 16.6 Å². The van der Waals surface area contributed by atoms with Crippen LogP contribution in [0.15, 0.2) is 48.1 Å². The summed E-state index contributed by atoms with van der Waals surface area (Å²) >= 11 is 0. The second-order valence-corrected chi connectivity index (χ2v) is 6.12. The van der Waals surface area contributed by atoms with Gasteiger partial charge in [0.05, 0.1) is 7.11 Å². The van der Waals surface area contributed by atoms with Crippen molar-refractivity contribution in [2.75, 3.05) is 7.11 Å². The molecule has 0 fully saturated rings. The van der Waals surface area contributed by atoms with Crippen LogP contribution in [0.2, 0.25) is 0 Å². The number of fused-ring (bicyclic) bond motifs is 1. The molecule has 3 heteroatoms. The third-order valence-electron chi connectivity index (χ3n) is 4.52. The number of aryl methyl sites for hydroxylation is 2. The van der Waals surface area contributed by atoms with E-state index in [1.165, 1.54) is 46.5 Å². The molecule has 0 aliphatic carbocycles. The number of ether oxygens (including phenoxy) is 1. The molecule has 0 amide bonds. The van der Waals surface area contributed by atoms with Crippen LogP contribution in [0, 0.1) is 13.8 Å². The van der Waals surface area contributed by atoms with E-state index < -0.39 is 0 Å². The standard InChI is InChI=1S/C21H25NO2/c1-14(12-21(23)24-6)8-7-9-15(2)18-10-11-20-19(13-18)16(3)17(4)22(20)5/h7-13H,1-6H3/b8-7+,14-12+,15-9+. The molecule has 0 atom stereocenters. The number of benzene rings is 1. The van der Waals surface area contributed by atoms with Gasteiger partial charge in [0.15, 0.2) is 0 Å². The highest BCUT2D eigenvalue weighted by Gasteiger charge is 2.08. The first-order valence-electron chi connectivity index (χ1n) is 8.02. The maximum Gasteiger partial charge on any atom is 0.330 e. The number of methoxy groups -OCH3 is 1. The normalized spacial score (nSPS) is 13.1. The van der Waals surface area contributed by atoms with Gasteiger partial charge < -0.3 is 9.30 Å². The van der Waals surface area contributed by atoms with Gasteiger partial charge in [0.1, 0.15) is 0 Å². The lowest BCUT2D eigenvalue weighted by molar-refractivity contribution is -0.134. The Bertz CT molecular complexity index is 864. The molecule has 24 heavy (non-hydrogen) atoms. The molecule has 1 heterocycles. The Morgan fingerprint density at radius 3 is 2.58 bits per heavy atom. The van der Waals surface area contributed by atoms with Gasteiger partial charge in [0, 0.05) is 29.7 Å². The minimum absolute atomic E-state index is 0.335. The zero-order valence-corrected chi connectivity index (χ0v) is 15.3. The van der Waals surface area contributed by atoms with Crippen LogP contribution in [0.4, 0.5) is 0 Å². The fraction of sp³-hybridized carbons (Fsp3) is 0.286. The molecule has 0 aliphatic heterocycles. The van der Waals surface area contributed by atoms with Crippen molar-refractivity contribution < 1.29 is 9.53 Å². The number of carbonyl (C=O) groups is 1. The Labute approximate surface area is 143 Å². The van der Waals surface area contributed by atoms with E-state index in [0.29, 0.717) is 0 Å². The van der Waals surface area contributed by atoms with Crippen LogP contribution in [0.1, 0.15) is 30.7 Å². The van der Waals surface area contributed by atoms with Gasteiger partial charge in [0.25, 0.3) is 0 Å². The molecule has 0 N–H and O–H groups in total. The van der Waals surface area contributed by atoms with Crippen LogP contribution in [0.3, 0.4) is 0 Å². The van der Waals surface area contributed by atoms with Gasteiger partial charge in [-0.15, -0.1) is 0 Å². The van der Waals surface area contributed by atoms with E-state index in [4.69, 9.17) is 0 Å². The van der Waals surface area contributed by atoms with E-state index in [1.54, 1.807) is 0 Å². The van der Waals surface area contributed by atoms with Gasteiger partial charge in [-0.1, -0.05) is 24.3 Å². The lowest BCUT2D eigenvalue weighted by atomic mass is 10.0. The number of hydrogen-bond acceptors (Lipinski definition) is 2. The molecular formula is C21H25NO2. The number of aromatic nitrogens is 1. The first-order chi connectivity index (χ1) is 11.3. The van der Waals surface area contributed by atoms with Crippen molar-refractivity contribution in [2.45, 2.75) is 27.7 Å². The lowest BCUT2D eigenvalue weighted by Gasteiger charge is -2.03. The van der Waals surface area contributed by atoms with Crippen LogP contribution in [-0.4, -0.2) is 17.6 Å². The molecule has 0 saturated heterocycles. The molecule has 2 rings (SSSR count). The smallest absolute Gasteiger partial charge is 0.330 e. The zero-order valence-electron chi connectivity index (χ0n) is 15.3. The van der Waals surface area contributed by atoms with Crippen LogP contribution >= 0.6 is 0 Å². The molecule has 0 aliphatic rings. The van der Waals surface area contributed by atoms with Gasteiger partial charge in [-0.2, -0.15) is 0 Å². The van der Waals surface area contributed by atoms with E-state index >= 15 is 0 Å². The summed E-state index contributed by atoms with van der Waals surface area (Å²) < 4.78 is 6.85. The van der Waals surface area contributed by atoms with Gasteiger partial charge in [-0.3, -0.25) is 0 Å². The van der Waals surface area contributed by atoms with Crippen LogP contribution < -0.4 is 0 Å². The highest BCUT2D eigenvalue weighted by molar-refractivity contribution is 5.88. The second-order valence-electron chi connectivity index (χ2n) is 6.12. The van der Waals surface area contributed by atoms with Gasteiger partial charge >= 0.3 is 5.97 Å². The summed E-state index contributed by atoms with van der Waals surface area (Å²) in [5.41, 5.74) is 7.13. The summed E-state index contributed by atoms with van der Waals surface area (Å²) in [6.45, 7) is 8.28. The molecule has 0 bridgehead atoms. The monoisotopic (exact) mass is 323 g/mol. The van der Waals surface area contributed by atoms with Gasteiger partial charge in [-0.05, 0) is 62.1 Å². The Morgan fingerprint density at radius 1 is 1.21 bits per heavy atom. The first kappa shape index (κ1) is 17.8. The van der Waals surface area contributed by atoms with Gasteiger partial charge in [-0.25, -0.2) is 4.79 Å². The molecule has 0 radical (unpaired) electrons. The number of carbonyl (C=O) groups excluding carboxylic acids is 1. The Kier molecular flexibility index (Phi) is 5.45. The highest BCUT2D eigenvalue weighted by Crippen LogP contribution is 2.27. The molecule has 126 valence electrons. The van der Waals surface area contributed by atoms with Crippen molar-refractivity contribution in [2.24, 2.45) is 7.05 Å². The summed E-state index contributed by atoms with van der Waals surface area (Å²) in [7, 11) is 3.48. The van der Waals surface area contributed by atoms with E-state index in [2.05, 4.69) is 61.4 Å². The molecule has 1 aromatic heterocycles. The minimum Gasteiger partial charge on any atom is -0.466 e. The minimum atomic E-state index is -0.335. The summed E-state index contributed by atoms with van der Waals surface area (Å²) in [4.78, 5) is 11.2. The van der Waals surface area contributed by atoms with E-state index in [9.17, 15) is 4.79 Å². The molecule has 0 unspecified atom stereocenters. The van der Waals surface area contributed by atoms with E-state index in [0.717, 1.165) is 5.57 Å². The SMILES string of the molecule is COC(=O)/C=C(C)/C=C/C=C(\C)c1ccc2c(c1)c(C)c(C)n2C. The highest BCUT2D eigenvalue weighted by atomic mass is 16.5. The summed E-state index contributed by atoms with van der Waals surface area (Å²) in [5.74, 6) is -0.335. The summed E-state index contributed by atoms with van der Waals surface area (Å²) in [5, 5.41) is 1.30. The second kappa shape index (κ2) is 7.35. The third kappa shape index (κ3) is 3.67. The van der Waals surface area contributed by atoms with Crippen LogP contribution in [0.5, 0.6) is 0 Å². The molecule has 3 nitrogen and oxygen atoms in total. The van der Waals surface area contributed by atoms with Crippen molar-refractivity contribution in [3.8, 4) is 0 Å². The van der Waals surface area contributed by atoms with Crippen molar-refractivity contribution in [1.29, 1.82) is 0 Å². The number of rotatable bonds is 4. The van der Waals surface area contributed by atoms with Crippen molar-refractivity contribution in [3.63, 3.8) is 0 Å². The van der Waals surface area contributed by atoms with Crippen LogP contribution in [0.25, 0.3) is 16.5 Å². The average Bonchev–Trinajstić information content (AvgIpc) is 2.78. The van der Waals surface area contributed by atoms with Crippen molar-refractivity contribution >= 4 is 22.4 Å². The average molecular weight is 323 g/mol. The molecular weight excluding hydrogens is 298 g/mol. The fourth-order valence-electron chi connectivity index (χ4n) is 2.73. The maximum atomic E-state index is 11.2. The summed E-state index contributed by atoms with van der Waals surface area (Å²) in [6.07, 6.45) is 7.39. The fourth-order valence-corrected chi connectivity index (χ4v) is 2.73. The van der Waals surface area contributed by atoms with E-state index in [1.807, 2.05) is 19.1 Å². The topological polar surface area (TPSA) is 31.2 Å². The zero-order chi connectivity index (χ0) is 17.9. The predicted molar refractivity (Wildman–Crippen MR) is 101 cm³/mol. The molecule has 0 spiro atoms. The quantitative estimate of drug-likeness (QED) is 0.456. The lowest BCUT2D eigenvalue weighted by Crippen LogP contribution is -1.94. The number of nitrogens with zero attached hydrogens (tertiary/aromatic N) is 1. The van der Waals surface area contributed by atoms with Gasteiger partial charge in [0.2, 0.25) is 0 Å². The Hall–Kier alpha value is -2.55. The predicted octanol–water partition coefficient (Wildman–Crippen LogP) is 4.87. The number of hydrogen-bond donors (Lipinski definition) is 0. The van der Waals surface area contributed by atoms with Crippen molar-refractivity contribution in [3.05, 3.63) is 64.9 Å². The Balaban J connectivity index is 2.28. The number of esters is 1. The largest absolute Gasteiger partial charge is 0.466 e. The third-order valence-corrected chi connectivity index (χ3v) is 4.52. The number of allylic oxidation sites excluding steroid dienone is 5. The van der Waals surface area contributed by atoms with E-state index in [-0.39, 0.29) is 5.97 Å². The maximum absolute atomic E-state index is 11.2. The molecule has 1 aromatic carbocycles. The first-order valence-corrected chi connectivity index (χ1v) is 8.02. The molecule has 2 aromatic rings.